The molecular formula is C7H14N2O3. The standard InChI is InChI=1S/C7H14N2O3/c10-6-5-8-1-3-9(4-2-8)7(11)12/h10H,1-6H2,(H,11,12). The number of carbonyl (C=O) groups is 1. The third-order valence-corrected chi connectivity index (χ3v) is 2.06. The molecular weight excluding hydrogens is 160 g/mol. The van der Waals surface area contributed by atoms with Crippen LogP contribution < -0.4 is 0 Å². The maximum absolute atomic E-state index is 10.5. The van der Waals surface area contributed by atoms with Crippen molar-refractivity contribution in [3.05, 3.63) is 0 Å². The molecule has 0 spiro atoms. The second kappa shape index (κ2) is 4.27. The van der Waals surface area contributed by atoms with E-state index in [1.54, 1.807) is 0 Å². The minimum atomic E-state index is -0.848. The van der Waals surface area contributed by atoms with E-state index in [-0.39, 0.29) is 6.61 Å². The Hall–Kier alpha value is -0.810. The van der Waals surface area contributed by atoms with E-state index in [1.165, 1.54) is 4.90 Å². The highest BCUT2D eigenvalue weighted by Gasteiger charge is 2.19. The Bertz CT molecular complexity index is 155. The first kappa shape index (κ1) is 9.28. The van der Waals surface area contributed by atoms with Gasteiger partial charge in [-0.15, -0.1) is 0 Å². The molecule has 12 heavy (non-hydrogen) atoms. The molecule has 5 nitrogen and oxygen atoms in total. The van der Waals surface area contributed by atoms with E-state index in [9.17, 15) is 4.79 Å². The number of aliphatic hydroxyl groups excluding tert-OH is 1. The van der Waals surface area contributed by atoms with Crippen molar-refractivity contribution < 1.29 is 15.0 Å². The van der Waals surface area contributed by atoms with E-state index >= 15 is 0 Å². The van der Waals surface area contributed by atoms with Crippen molar-refractivity contribution in [3.63, 3.8) is 0 Å². The van der Waals surface area contributed by atoms with Crippen molar-refractivity contribution >= 4 is 6.09 Å². The third-order valence-electron chi connectivity index (χ3n) is 2.06. The van der Waals surface area contributed by atoms with Gasteiger partial charge < -0.3 is 15.1 Å². The molecule has 0 aromatic rings. The smallest absolute Gasteiger partial charge is 0.407 e. The quantitative estimate of drug-likeness (QED) is 0.579. The Morgan fingerprint density at radius 1 is 1.25 bits per heavy atom. The molecule has 1 aliphatic heterocycles. The molecule has 5 heteroatoms. The van der Waals surface area contributed by atoms with Crippen LogP contribution in [0.4, 0.5) is 4.79 Å². The first-order chi connectivity index (χ1) is 5.74. The average Bonchev–Trinajstić information content (AvgIpc) is 2.06. The Kier molecular flexibility index (Phi) is 3.31. The van der Waals surface area contributed by atoms with Gasteiger partial charge in [-0.1, -0.05) is 0 Å². The largest absolute Gasteiger partial charge is 0.465 e. The molecule has 0 saturated carbocycles. The van der Waals surface area contributed by atoms with E-state index in [2.05, 4.69) is 4.90 Å². The molecule has 1 heterocycles. The first-order valence-electron chi connectivity index (χ1n) is 4.05. The van der Waals surface area contributed by atoms with Gasteiger partial charge in [-0.3, -0.25) is 4.90 Å². The second-order valence-electron chi connectivity index (χ2n) is 2.83. The molecule has 0 aromatic heterocycles. The highest BCUT2D eigenvalue weighted by atomic mass is 16.4. The van der Waals surface area contributed by atoms with Crippen LogP contribution in [0.25, 0.3) is 0 Å². The summed E-state index contributed by atoms with van der Waals surface area (Å²) in [5.74, 6) is 0. The van der Waals surface area contributed by atoms with Gasteiger partial charge in [0, 0.05) is 32.7 Å². The molecule has 1 aliphatic rings. The van der Waals surface area contributed by atoms with Crippen LogP contribution in [0.1, 0.15) is 0 Å². The summed E-state index contributed by atoms with van der Waals surface area (Å²) in [5.41, 5.74) is 0. The maximum Gasteiger partial charge on any atom is 0.407 e. The van der Waals surface area contributed by atoms with Crippen molar-refractivity contribution in [1.82, 2.24) is 9.80 Å². The molecule has 70 valence electrons. The predicted octanol–water partition coefficient (Wildman–Crippen LogP) is -0.726. The first-order valence-corrected chi connectivity index (χ1v) is 4.05. The van der Waals surface area contributed by atoms with Gasteiger partial charge in [-0.05, 0) is 0 Å². The van der Waals surface area contributed by atoms with Gasteiger partial charge in [0.05, 0.1) is 6.61 Å². The lowest BCUT2D eigenvalue weighted by molar-refractivity contribution is 0.0964. The molecule has 1 saturated heterocycles. The molecule has 0 bridgehead atoms. The van der Waals surface area contributed by atoms with E-state index in [0.29, 0.717) is 19.6 Å². The maximum atomic E-state index is 10.5. The number of hydrogen-bond donors (Lipinski definition) is 2. The SMILES string of the molecule is O=C(O)N1CCN(CCO)CC1. The summed E-state index contributed by atoms with van der Waals surface area (Å²) in [5, 5.41) is 17.2. The highest BCUT2D eigenvalue weighted by molar-refractivity contribution is 5.65. The monoisotopic (exact) mass is 174 g/mol. The van der Waals surface area contributed by atoms with Crippen LogP contribution in [0, 0.1) is 0 Å². The van der Waals surface area contributed by atoms with Crippen molar-refractivity contribution in [2.45, 2.75) is 0 Å². The number of hydrogen-bond acceptors (Lipinski definition) is 3. The van der Waals surface area contributed by atoms with Gasteiger partial charge in [0.1, 0.15) is 0 Å². The van der Waals surface area contributed by atoms with Crippen LogP contribution in [0.5, 0.6) is 0 Å². The molecule has 0 unspecified atom stereocenters. The number of amides is 1. The Morgan fingerprint density at radius 2 is 1.83 bits per heavy atom. The van der Waals surface area contributed by atoms with Crippen LogP contribution in [-0.2, 0) is 0 Å². The molecule has 2 N–H and O–H groups in total. The number of aliphatic hydroxyl groups is 1. The molecule has 0 atom stereocenters. The van der Waals surface area contributed by atoms with Gasteiger partial charge in [-0.25, -0.2) is 4.79 Å². The van der Waals surface area contributed by atoms with Crippen LogP contribution in [0.2, 0.25) is 0 Å². The molecule has 0 radical (unpaired) electrons. The van der Waals surface area contributed by atoms with E-state index in [4.69, 9.17) is 10.2 Å². The Morgan fingerprint density at radius 3 is 2.25 bits per heavy atom. The van der Waals surface area contributed by atoms with Crippen LogP contribution in [0.15, 0.2) is 0 Å². The van der Waals surface area contributed by atoms with Gasteiger partial charge >= 0.3 is 6.09 Å². The summed E-state index contributed by atoms with van der Waals surface area (Å²) < 4.78 is 0. The second-order valence-corrected chi connectivity index (χ2v) is 2.83. The van der Waals surface area contributed by atoms with Crippen LogP contribution in [0.3, 0.4) is 0 Å². The Labute approximate surface area is 71.2 Å². The fraction of sp³-hybridized carbons (Fsp3) is 0.857. The molecule has 1 fully saturated rings. The summed E-state index contributed by atoms with van der Waals surface area (Å²) in [6, 6.07) is 0. The summed E-state index contributed by atoms with van der Waals surface area (Å²) in [6.07, 6.45) is -0.848. The molecule has 0 aromatic carbocycles. The van der Waals surface area contributed by atoms with Gasteiger partial charge in [0.15, 0.2) is 0 Å². The van der Waals surface area contributed by atoms with Crippen molar-refractivity contribution in [2.24, 2.45) is 0 Å². The van der Waals surface area contributed by atoms with Gasteiger partial charge in [0.2, 0.25) is 0 Å². The number of carboxylic acid groups (broad SMARTS) is 1. The topological polar surface area (TPSA) is 64.0 Å². The lowest BCUT2D eigenvalue weighted by Crippen LogP contribution is -2.48. The zero-order valence-electron chi connectivity index (χ0n) is 6.94. The molecule has 0 aliphatic carbocycles. The van der Waals surface area contributed by atoms with Crippen LogP contribution in [-0.4, -0.2) is 65.4 Å². The minimum Gasteiger partial charge on any atom is -0.465 e. The molecule has 1 amide bonds. The Balaban J connectivity index is 2.25. The number of nitrogens with zero attached hydrogens (tertiary/aromatic N) is 2. The number of rotatable bonds is 2. The summed E-state index contributed by atoms with van der Waals surface area (Å²) in [7, 11) is 0. The van der Waals surface area contributed by atoms with Crippen molar-refractivity contribution in [1.29, 1.82) is 0 Å². The molecule has 1 rings (SSSR count). The number of β-amino-alcohol motifs (C(OH)–C–C–N with tert-alkyl or cyclic N) is 1. The third kappa shape index (κ3) is 2.35. The fourth-order valence-electron chi connectivity index (χ4n) is 1.30. The fourth-order valence-corrected chi connectivity index (χ4v) is 1.30. The highest BCUT2D eigenvalue weighted by Crippen LogP contribution is 2.00. The summed E-state index contributed by atoms with van der Waals surface area (Å²) in [6.45, 7) is 3.35. The predicted molar refractivity (Wildman–Crippen MR) is 43.1 cm³/mol. The van der Waals surface area contributed by atoms with E-state index in [1.807, 2.05) is 0 Å². The van der Waals surface area contributed by atoms with Gasteiger partial charge in [0.25, 0.3) is 0 Å². The summed E-state index contributed by atoms with van der Waals surface area (Å²) in [4.78, 5) is 13.9. The zero-order chi connectivity index (χ0) is 8.97. The van der Waals surface area contributed by atoms with Crippen molar-refractivity contribution in [2.75, 3.05) is 39.3 Å². The lowest BCUT2D eigenvalue weighted by Gasteiger charge is -2.32. The number of piperazine rings is 1. The zero-order valence-corrected chi connectivity index (χ0v) is 6.94. The van der Waals surface area contributed by atoms with Gasteiger partial charge in [-0.2, -0.15) is 0 Å². The lowest BCUT2D eigenvalue weighted by atomic mass is 10.3. The van der Waals surface area contributed by atoms with E-state index < -0.39 is 6.09 Å². The van der Waals surface area contributed by atoms with Crippen molar-refractivity contribution in [3.8, 4) is 0 Å². The van der Waals surface area contributed by atoms with Crippen LogP contribution >= 0.6 is 0 Å². The normalized spacial score (nSPS) is 19.6. The minimum absolute atomic E-state index is 0.146. The van der Waals surface area contributed by atoms with E-state index in [0.717, 1.165) is 13.1 Å². The summed E-state index contributed by atoms with van der Waals surface area (Å²) >= 11 is 0. The average molecular weight is 174 g/mol.